The molecule has 1 N–H and O–H groups in total. The summed E-state index contributed by atoms with van der Waals surface area (Å²) in [5.74, 6) is 5.02. The Kier molecular flexibility index (Phi) is 10.5. The molecule has 0 fully saturated rings. The number of benzene rings is 1. The third kappa shape index (κ3) is 7.71. The van der Waals surface area contributed by atoms with Crippen molar-refractivity contribution in [3.8, 4) is 0 Å². The second kappa shape index (κ2) is 16.3. The van der Waals surface area contributed by atoms with Crippen LogP contribution in [0.4, 0.5) is 0 Å². The van der Waals surface area contributed by atoms with Crippen molar-refractivity contribution in [2.24, 2.45) is 56.4 Å². The van der Waals surface area contributed by atoms with Crippen molar-refractivity contribution in [2.45, 2.75) is 76.8 Å². The first-order valence-corrected chi connectivity index (χ1v) is 20.8. The molecule has 8 unspecified atom stereocenters. The number of nitrogens with zero attached hydrogens (tertiary/aromatic N) is 3. The predicted octanol–water partition coefficient (Wildman–Crippen LogP) is 11.5. The van der Waals surface area contributed by atoms with Gasteiger partial charge in [0.15, 0.2) is 6.17 Å². The van der Waals surface area contributed by atoms with Gasteiger partial charge in [0, 0.05) is 41.1 Å². The molecule has 54 heavy (non-hydrogen) atoms. The molecular weight excluding hydrogens is 657 g/mol. The minimum absolute atomic E-state index is 0.149. The van der Waals surface area contributed by atoms with Gasteiger partial charge in [-0.15, -0.1) is 0 Å². The van der Waals surface area contributed by atoms with Gasteiger partial charge in [-0.25, -0.2) is 9.98 Å². The lowest BCUT2D eigenvalue weighted by Gasteiger charge is -2.39. The van der Waals surface area contributed by atoms with Crippen LogP contribution in [0.2, 0.25) is 0 Å². The van der Waals surface area contributed by atoms with Gasteiger partial charge >= 0.3 is 0 Å². The van der Waals surface area contributed by atoms with Gasteiger partial charge in [-0.05, 0) is 111 Å². The van der Waals surface area contributed by atoms with E-state index in [1.807, 2.05) is 0 Å². The zero-order valence-corrected chi connectivity index (χ0v) is 31.5. The lowest BCUT2D eigenvalue weighted by molar-refractivity contribution is 0.340. The maximum absolute atomic E-state index is 5.51. The summed E-state index contributed by atoms with van der Waals surface area (Å²) in [5.41, 5.74) is 8.07. The Morgan fingerprint density at radius 1 is 0.611 bits per heavy atom. The minimum atomic E-state index is -0.149. The van der Waals surface area contributed by atoms with Gasteiger partial charge in [0.1, 0.15) is 11.7 Å². The first-order chi connectivity index (χ1) is 26.7. The smallest absolute Gasteiger partial charge is 0.150 e. The normalized spacial score (nSPS) is 33.0. The molecule has 0 amide bonds. The van der Waals surface area contributed by atoms with Crippen LogP contribution in [-0.2, 0) is 0 Å². The summed E-state index contributed by atoms with van der Waals surface area (Å²) in [6.45, 7) is 0. The molecule has 4 nitrogen and oxygen atoms in total. The van der Waals surface area contributed by atoms with Crippen molar-refractivity contribution in [1.82, 2.24) is 5.32 Å². The molecule has 1 aromatic rings. The van der Waals surface area contributed by atoms with Crippen LogP contribution in [-0.4, -0.2) is 23.5 Å². The third-order valence-corrected chi connectivity index (χ3v) is 12.9. The molecule has 0 saturated carbocycles. The standard InChI is InChI=1S/C50H54N4/c1-5-14-35(15-6-1)37-24-28-41(29-25-37)48-52-49(42-30-26-38(27-31-42)36-16-7-2-8-17-36)54-50(53-48)44-23-13-22-43(32-44)45-33-47(40-20-11-4-12-21-40)51-34-46(45)39-18-9-3-10-19-39/h1,3-7,9,11-14,16-17,20,22,24-28,30-31,34-35,39-41,43-45,48H,2,8,10,15,18-19,21,23,29,32-33H2,(H,52,53,54). The van der Waals surface area contributed by atoms with Crippen LogP contribution in [0.5, 0.6) is 0 Å². The first kappa shape index (κ1) is 34.9. The Hall–Kier alpha value is -4.83. The fourth-order valence-corrected chi connectivity index (χ4v) is 9.73. The molecule has 0 radical (unpaired) electrons. The Bertz CT molecular complexity index is 2010. The molecular formula is C50H54N4. The minimum Gasteiger partial charge on any atom is -0.328 e. The maximum Gasteiger partial charge on any atom is 0.150 e. The average Bonchev–Trinajstić information content (AvgIpc) is 3.27. The van der Waals surface area contributed by atoms with Crippen LogP contribution in [0.15, 0.2) is 166 Å². The zero-order valence-electron chi connectivity index (χ0n) is 31.5. The van der Waals surface area contributed by atoms with Crippen molar-refractivity contribution >= 4 is 23.0 Å². The summed E-state index contributed by atoms with van der Waals surface area (Å²) in [6.07, 6.45) is 56.0. The highest BCUT2D eigenvalue weighted by Crippen LogP contribution is 2.44. The number of aliphatic imine (C=N–C) groups is 3. The molecule has 0 saturated heterocycles. The van der Waals surface area contributed by atoms with E-state index in [1.54, 1.807) is 5.57 Å². The van der Waals surface area contributed by atoms with E-state index in [2.05, 4.69) is 145 Å². The van der Waals surface area contributed by atoms with Crippen molar-refractivity contribution in [3.63, 3.8) is 0 Å². The van der Waals surface area contributed by atoms with Gasteiger partial charge in [-0.2, -0.15) is 0 Å². The van der Waals surface area contributed by atoms with Crippen LogP contribution in [0.3, 0.4) is 0 Å². The molecule has 0 spiro atoms. The summed E-state index contributed by atoms with van der Waals surface area (Å²) >= 11 is 0. The van der Waals surface area contributed by atoms with Gasteiger partial charge in [0.05, 0.1) is 0 Å². The quantitative estimate of drug-likeness (QED) is 0.268. The largest absolute Gasteiger partial charge is 0.328 e. The number of rotatable bonds is 8. The van der Waals surface area contributed by atoms with E-state index >= 15 is 0 Å². The van der Waals surface area contributed by atoms with Gasteiger partial charge in [0.25, 0.3) is 0 Å². The monoisotopic (exact) mass is 710 g/mol. The highest BCUT2D eigenvalue weighted by atomic mass is 15.2. The molecule has 1 aromatic carbocycles. The summed E-state index contributed by atoms with van der Waals surface area (Å²) in [6, 6.07) is 9.02. The van der Waals surface area contributed by atoms with E-state index in [1.165, 1.54) is 35.3 Å². The third-order valence-electron chi connectivity index (χ3n) is 12.9. The van der Waals surface area contributed by atoms with E-state index in [9.17, 15) is 0 Å². The van der Waals surface area contributed by atoms with Crippen LogP contribution < -0.4 is 5.32 Å². The summed E-state index contributed by atoms with van der Waals surface area (Å²) in [5, 5.41) is 3.84. The molecule has 0 bridgehead atoms. The molecule has 4 heteroatoms. The number of nitrogens with one attached hydrogen (secondary N) is 1. The average molecular weight is 711 g/mol. The lowest BCUT2D eigenvalue weighted by atomic mass is 9.68. The van der Waals surface area contributed by atoms with Crippen molar-refractivity contribution < 1.29 is 0 Å². The predicted molar refractivity (Wildman–Crippen MR) is 227 cm³/mol. The van der Waals surface area contributed by atoms with Crippen LogP contribution in [0.25, 0.3) is 5.57 Å². The Balaban J connectivity index is 0.983. The van der Waals surface area contributed by atoms with E-state index in [0.29, 0.717) is 35.5 Å². The topological polar surface area (TPSA) is 49.1 Å². The second-order valence-electron chi connectivity index (χ2n) is 16.3. The van der Waals surface area contributed by atoms with Crippen molar-refractivity contribution in [2.75, 3.05) is 0 Å². The summed E-state index contributed by atoms with van der Waals surface area (Å²) < 4.78 is 0. The van der Waals surface area contributed by atoms with E-state index in [0.717, 1.165) is 75.0 Å². The molecule has 8 aliphatic rings. The number of amidine groups is 2. The summed E-state index contributed by atoms with van der Waals surface area (Å²) in [7, 11) is 0. The van der Waals surface area contributed by atoms with Gasteiger partial charge in [0.2, 0.25) is 0 Å². The van der Waals surface area contributed by atoms with Crippen LogP contribution in [0.1, 0.15) is 81.8 Å². The van der Waals surface area contributed by atoms with Crippen LogP contribution in [0, 0.1) is 41.4 Å². The second-order valence-corrected chi connectivity index (χ2v) is 16.3. The van der Waals surface area contributed by atoms with E-state index in [4.69, 9.17) is 15.0 Å². The Morgan fingerprint density at radius 2 is 1.44 bits per heavy atom. The molecule has 6 aliphatic carbocycles. The highest BCUT2D eigenvalue weighted by molar-refractivity contribution is 6.11. The SMILES string of the molecule is C1=CCC(C2=CCC(C3N=C(c4ccc(C5=CCCC=C5)cc4)NC(C4CC=CC(C5CC(C6C=CC=CC6)=NC=C5C5CC=CCC5)C4)=N3)C=C2)C=C1. The Labute approximate surface area is 322 Å². The number of hydrogen-bond donors (Lipinski definition) is 1. The molecule has 2 heterocycles. The fraction of sp³-hybridized carbons (Fsp3) is 0.380. The first-order valence-electron chi connectivity index (χ1n) is 20.8. The van der Waals surface area contributed by atoms with Crippen LogP contribution >= 0.6 is 0 Å². The van der Waals surface area contributed by atoms with Gasteiger partial charge in [-0.1, -0.05) is 134 Å². The Morgan fingerprint density at radius 3 is 2.19 bits per heavy atom. The summed E-state index contributed by atoms with van der Waals surface area (Å²) in [4.78, 5) is 16.1. The molecule has 2 aliphatic heterocycles. The number of allylic oxidation sites excluding steroid dienone is 20. The highest BCUT2D eigenvalue weighted by Gasteiger charge is 2.37. The molecule has 0 aromatic heterocycles. The zero-order chi connectivity index (χ0) is 36.1. The molecule has 8 atom stereocenters. The maximum atomic E-state index is 5.51. The number of hydrogen-bond acceptors (Lipinski definition) is 4. The lowest BCUT2D eigenvalue weighted by Crippen LogP contribution is -2.44. The fourth-order valence-electron chi connectivity index (χ4n) is 9.73. The van der Waals surface area contributed by atoms with Crippen molar-refractivity contribution in [3.05, 3.63) is 162 Å². The molecule has 274 valence electrons. The van der Waals surface area contributed by atoms with E-state index in [-0.39, 0.29) is 12.1 Å². The molecule has 9 rings (SSSR count). The van der Waals surface area contributed by atoms with Gasteiger partial charge < -0.3 is 5.32 Å². The van der Waals surface area contributed by atoms with Crippen molar-refractivity contribution in [1.29, 1.82) is 0 Å². The van der Waals surface area contributed by atoms with Gasteiger partial charge in [-0.3, -0.25) is 4.99 Å². The van der Waals surface area contributed by atoms with E-state index < -0.39 is 0 Å².